The third-order valence-corrected chi connectivity index (χ3v) is 4.70. The summed E-state index contributed by atoms with van der Waals surface area (Å²) in [6.45, 7) is 4.70. The molecule has 0 atom stereocenters. The molecule has 0 aliphatic carbocycles. The highest BCUT2D eigenvalue weighted by molar-refractivity contribution is 6.31. The molecular weight excluding hydrogens is 476 g/mol. The molecule has 1 heterocycles. The predicted octanol–water partition coefficient (Wildman–Crippen LogP) is 1.88. The highest BCUT2D eigenvalue weighted by atomic mass is 35.5. The third kappa shape index (κ3) is 9.92. The summed E-state index contributed by atoms with van der Waals surface area (Å²) < 4.78 is 10.6. The van der Waals surface area contributed by atoms with Crippen molar-refractivity contribution in [3.05, 3.63) is 40.7 Å². The van der Waals surface area contributed by atoms with Crippen LogP contribution in [0, 0.1) is 0 Å². The SMILES string of the molecule is CC(C)OC(=O)NCCOc1ccc(CCCCN=C(N)NC(=O)c2nc(Cl)c(N)nc2N)cc1. The minimum Gasteiger partial charge on any atom is -0.492 e. The second-order valence-electron chi connectivity index (χ2n) is 7.68. The number of nitrogens with zero attached hydrogens (tertiary/aromatic N) is 3. The van der Waals surface area contributed by atoms with E-state index < -0.39 is 12.0 Å². The number of carbonyl (C=O) groups is 2. The van der Waals surface area contributed by atoms with Crippen molar-refractivity contribution in [3.8, 4) is 5.75 Å². The molecule has 2 aromatic rings. The zero-order chi connectivity index (χ0) is 25.8. The van der Waals surface area contributed by atoms with Crippen LogP contribution in [0.5, 0.6) is 5.75 Å². The summed E-state index contributed by atoms with van der Waals surface area (Å²) in [5.74, 6) is -0.239. The molecule has 0 fully saturated rings. The van der Waals surface area contributed by atoms with Crippen LogP contribution in [0.25, 0.3) is 0 Å². The number of hydrogen-bond donors (Lipinski definition) is 5. The van der Waals surface area contributed by atoms with Gasteiger partial charge in [-0.25, -0.2) is 14.8 Å². The summed E-state index contributed by atoms with van der Waals surface area (Å²) in [6.07, 6.45) is 1.87. The number of aromatic nitrogens is 2. The maximum Gasteiger partial charge on any atom is 0.407 e. The number of aryl methyl sites for hydroxylation is 1. The fourth-order valence-electron chi connectivity index (χ4n) is 2.79. The van der Waals surface area contributed by atoms with E-state index in [0.29, 0.717) is 25.4 Å². The number of aliphatic imine (C=N–C) groups is 1. The lowest BCUT2D eigenvalue weighted by atomic mass is 10.1. The zero-order valence-electron chi connectivity index (χ0n) is 19.7. The predicted molar refractivity (Wildman–Crippen MR) is 134 cm³/mol. The van der Waals surface area contributed by atoms with Crippen LogP contribution in [0.4, 0.5) is 16.4 Å². The third-order valence-electron chi connectivity index (χ3n) is 4.42. The van der Waals surface area contributed by atoms with E-state index in [0.717, 1.165) is 24.8 Å². The van der Waals surface area contributed by atoms with Gasteiger partial charge in [0.2, 0.25) is 0 Å². The number of nitrogens with one attached hydrogen (secondary N) is 2. The first-order valence-electron chi connectivity index (χ1n) is 11.0. The molecule has 0 saturated carbocycles. The summed E-state index contributed by atoms with van der Waals surface area (Å²) in [4.78, 5) is 35.3. The highest BCUT2D eigenvalue weighted by Crippen LogP contribution is 2.17. The Hall–Kier alpha value is -3.80. The lowest BCUT2D eigenvalue weighted by Gasteiger charge is -2.10. The Balaban J connectivity index is 1.66. The fraction of sp³-hybridized carbons (Fsp3) is 0.409. The van der Waals surface area contributed by atoms with Gasteiger partial charge in [0.15, 0.2) is 28.4 Å². The van der Waals surface area contributed by atoms with Crippen LogP contribution in [-0.4, -0.2) is 53.7 Å². The van der Waals surface area contributed by atoms with Gasteiger partial charge in [0.1, 0.15) is 12.4 Å². The minimum absolute atomic E-state index is 0.0578. The van der Waals surface area contributed by atoms with Crippen molar-refractivity contribution in [2.75, 3.05) is 31.2 Å². The van der Waals surface area contributed by atoms with Gasteiger partial charge in [-0.15, -0.1) is 0 Å². The van der Waals surface area contributed by atoms with E-state index in [1.54, 1.807) is 13.8 Å². The molecular formula is C22H31ClN8O4. The van der Waals surface area contributed by atoms with Crippen LogP contribution in [-0.2, 0) is 11.2 Å². The number of amides is 2. The Morgan fingerprint density at radius 2 is 1.83 bits per heavy atom. The summed E-state index contributed by atoms with van der Waals surface area (Å²) in [6, 6.07) is 7.73. The highest BCUT2D eigenvalue weighted by Gasteiger charge is 2.16. The van der Waals surface area contributed by atoms with Crippen LogP contribution in [0.15, 0.2) is 29.3 Å². The molecule has 2 amide bonds. The topological polar surface area (TPSA) is 193 Å². The summed E-state index contributed by atoms with van der Waals surface area (Å²) in [5, 5.41) is 4.89. The maximum absolute atomic E-state index is 12.2. The van der Waals surface area contributed by atoms with Gasteiger partial charge in [0.25, 0.3) is 5.91 Å². The maximum atomic E-state index is 12.2. The van der Waals surface area contributed by atoms with Crippen molar-refractivity contribution in [1.29, 1.82) is 0 Å². The molecule has 35 heavy (non-hydrogen) atoms. The number of benzene rings is 1. The molecule has 0 aliphatic rings. The van der Waals surface area contributed by atoms with E-state index >= 15 is 0 Å². The van der Waals surface area contributed by atoms with Gasteiger partial charge in [-0.05, 0) is 50.8 Å². The standard InChI is InChI=1S/C22H31ClN8O4/c1-13(2)35-22(33)28-11-12-34-15-8-6-14(7-9-15)5-3-4-10-27-21(26)31-20(32)16-18(24)30-19(25)17(23)29-16/h6-9,13H,3-5,10-12H2,1-2H3,(H,28,33)(H4,24,25,30)(H3,26,27,31,32). The van der Waals surface area contributed by atoms with Crippen LogP contribution >= 0.6 is 11.6 Å². The molecule has 0 spiro atoms. The van der Waals surface area contributed by atoms with Gasteiger partial charge in [-0.1, -0.05) is 23.7 Å². The lowest BCUT2D eigenvalue weighted by molar-refractivity contribution is 0.0972. The van der Waals surface area contributed by atoms with Gasteiger partial charge >= 0.3 is 6.09 Å². The average molecular weight is 507 g/mol. The molecule has 190 valence electrons. The van der Waals surface area contributed by atoms with Gasteiger partial charge in [0.05, 0.1) is 12.6 Å². The number of guanidine groups is 1. The Morgan fingerprint density at radius 3 is 2.51 bits per heavy atom. The number of carbonyl (C=O) groups excluding carboxylic acids is 2. The molecule has 0 aliphatic heterocycles. The summed E-state index contributed by atoms with van der Waals surface area (Å²) in [7, 11) is 0. The van der Waals surface area contributed by atoms with Gasteiger partial charge in [-0.3, -0.25) is 15.1 Å². The molecule has 8 N–H and O–H groups in total. The Kier molecular flexibility index (Phi) is 10.8. The molecule has 0 saturated heterocycles. The Morgan fingerprint density at radius 1 is 1.11 bits per heavy atom. The number of hydrogen-bond acceptors (Lipinski definition) is 9. The first kappa shape index (κ1) is 27.4. The molecule has 12 nitrogen and oxygen atoms in total. The van der Waals surface area contributed by atoms with Crippen molar-refractivity contribution in [2.24, 2.45) is 10.7 Å². The number of anilines is 2. The number of halogens is 1. The monoisotopic (exact) mass is 506 g/mol. The van der Waals surface area contributed by atoms with Gasteiger partial charge in [0, 0.05) is 6.54 Å². The average Bonchev–Trinajstić information content (AvgIpc) is 2.79. The van der Waals surface area contributed by atoms with E-state index in [1.807, 2.05) is 24.3 Å². The normalized spacial score (nSPS) is 11.3. The molecule has 1 aromatic heterocycles. The van der Waals surface area contributed by atoms with Gasteiger partial charge in [-0.2, -0.15) is 0 Å². The second kappa shape index (κ2) is 13.8. The quantitative estimate of drug-likeness (QED) is 0.172. The Labute approximate surface area is 208 Å². The molecule has 0 unspecified atom stereocenters. The number of ether oxygens (including phenoxy) is 2. The lowest BCUT2D eigenvalue weighted by Crippen LogP contribution is -2.38. The number of nitrogens with two attached hydrogens (primary N) is 3. The Bertz CT molecular complexity index is 1030. The molecule has 2 rings (SSSR count). The van der Waals surface area contributed by atoms with Crippen LogP contribution in [0.1, 0.15) is 42.7 Å². The first-order chi connectivity index (χ1) is 16.7. The molecule has 1 aromatic carbocycles. The fourth-order valence-corrected chi connectivity index (χ4v) is 2.92. The molecule has 0 bridgehead atoms. The van der Waals surface area contributed by atoms with Crippen LogP contribution in [0.2, 0.25) is 5.15 Å². The summed E-state index contributed by atoms with van der Waals surface area (Å²) in [5.41, 5.74) is 17.9. The summed E-state index contributed by atoms with van der Waals surface area (Å²) >= 11 is 5.78. The van der Waals surface area contributed by atoms with Crippen LogP contribution in [0.3, 0.4) is 0 Å². The van der Waals surface area contributed by atoms with E-state index in [1.165, 1.54) is 0 Å². The number of alkyl carbamates (subject to hydrolysis) is 1. The van der Waals surface area contributed by atoms with E-state index in [-0.39, 0.29) is 34.5 Å². The first-order valence-corrected chi connectivity index (χ1v) is 11.4. The van der Waals surface area contributed by atoms with Crippen molar-refractivity contribution < 1.29 is 19.1 Å². The van der Waals surface area contributed by atoms with E-state index in [9.17, 15) is 9.59 Å². The number of rotatable bonds is 11. The second-order valence-corrected chi connectivity index (χ2v) is 8.04. The molecule has 0 radical (unpaired) electrons. The van der Waals surface area contributed by atoms with Crippen molar-refractivity contribution in [1.82, 2.24) is 20.6 Å². The van der Waals surface area contributed by atoms with Crippen LogP contribution < -0.4 is 32.6 Å². The minimum atomic E-state index is -0.674. The zero-order valence-corrected chi connectivity index (χ0v) is 20.5. The van der Waals surface area contributed by atoms with Gasteiger partial charge < -0.3 is 32.0 Å². The van der Waals surface area contributed by atoms with Crippen molar-refractivity contribution in [3.63, 3.8) is 0 Å². The smallest absolute Gasteiger partial charge is 0.407 e. The largest absolute Gasteiger partial charge is 0.492 e. The van der Waals surface area contributed by atoms with Crippen molar-refractivity contribution in [2.45, 2.75) is 39.2 Å². The number of unbranched alkanes of at least 4 members (excludes halogenated alkanes) is 1. The van der Waals surface area contributed by atoms with E-state index in [4.69, 9.17) is 38.3 Å². The molecule has 13 heteroatoms. The van der Waals surface area contributed by atoms with Crippen molar-refractivity contribution >= 4 is 41.2 Å². The number of nitrogen functional groups attached to an aromatic ring is 2. The van der Waals surface area contributed by atoms with E-state index in [2.05, 4.69) is 25.6 Å².